The molecule has 0 saturated heterocycles. The zero-order valence-corrected chi connectivity index (χ0v) is 8.43. The number of carbonyl (C=O) groups excluding carboxylic acids is 1. The van der Waals surface area contributed by atoms with E-state index < -0.39 is 0 Å². The van der Waals surface area contributed by atoms with Crippen LogP contribution in [0.3, 0.4) is 0 Å². The first-order chi connectivity index (χ1) is 6.33. The van der Waals surface area contributed by atoms with Crippen LogP contribution in [0.4, 0.5) is 0 Å². The molecule has 1 fully saturated rings. The zero-order chi connectivity index (χ0) is 9.52. The topological polar surface area (TPSA) is 17.1 Å². The minimum absolute atomic E-state index is 0.466. The van der Waals surface area contributed by atoms with E-state index in [1.54, 1.807) is 0 Å². The summed E-state index contributed by atoms with van der Waals surface area (Å²) < 4.78 is 0. The Kier molecular flexibility index (Phi) is 4.81. The van der Waals surface area contributed by atoms with Crippen molar-refractivity contribution in [2.24, 2.45) is 5.92 Å². The van der Waals surface area contributed by atoms with Gasteiger partial charge in [0.2, 0.25) is 0 Å². The van der Waals surface area contributed by atoms with E-state index in [1.165, 1.54) is 25.7 Å². The Morgan fingerprint density at radius 2 is 2.08 bits per heavy atom. The molecule has 0 spiro atoms. The van der Waals surface area contributed by atoms with Gasteiger partial charge in [-0.25, -0.2) is 0 Å². The Morgan fingerprint density at radius 3 is 2.69 bits per heavy atom. The summed E-state index contributed by atoms with van der Waals surface area (Å²) in [4.78, 5) is 11.4. The molecule has 1 saturated carbocycles. The summed E-state index contributed by atoms with van der Waals surface area (Å²) in [6.45, 7) is 3.65. The normalized spacial score (nSPS) is 17.5. The number of Topliss-reactive ketones (excluding diaryl/α,β-unsaturated/α-hetero) is 1. The molecule has 74 valence electrons. The lowest BCUT2D eigenvalue weighted by molar-refractivity contribution is -0.120. The Bertz CT molecular complexity index is 166. The van der Waals surface area contributed by atoms with E-state index in [0.29, 0.717) is 5.78 Å². The van der Waals surface area contributed by atoms with Crippen LogP contribution in [0.5, 0.6) is 0 Å². The average molecular weight is 180 g/mol. The van der Waals surface area contributed by atoms with Gasteiger partial charge in [0.05, 0.1) is 0 Å². The monoisotopic (exact) mass is 180 g/mol. The average Bonchev–Trinajstić information content (AvgIpc) is 2.57. The number of hydrogen-bond acceptors (Lipinski definition) is 1. The van der Waals surface area contributed by atoms with Crippen LogP contribution in [0.25, 0.3) is 0 Å². The standard InChI is InChI=1S/C12H20O/c1-2-3-4-9-12(13)10-11-7-5-6-8-11/h2,11H,1,3-10H2. The molecule has 0 unspecified atom stereocenters. The SMILES string of the molecule is C=CCCCC(=O)CC1CCCC1. The van der Waals surface area contributed by atoms with Gasteiger partial charge in [0, 0.05) is 12.8 Å². The van der Waals surface area contributed by atoms with E-state index in [1.807, 2.05) is 6.08 Å². The highest BCUT2D eigenvalue weighted by Gasteiger charge is 2.17. The second-order valence-corrected chi connectivity index (χ2v) is 4.07. The fourth-order valence-corrected chi connectivity index (χ4v) is 2.08. The van der Waals surface area contributed by atoms with E-state index >= 15 is 0 Å². The van der Waals surface area contributed by atoms with Crippen molar-refractivity contribution in [3.63, 3.8) is 0 Å². The molecule has 0 heterocycles. The summed E-state index contributed by atoms with van der Waals surface area (Å²) in [6.07, 6.45) is 10.7. The molecular formula is C12H20O. The number of hydrogen-bond donors (Lipinski definition) is 0. The van der Waals surface area contributed by atoms with Gasteiger partial charge in [-0.15, -0.1) is 6.58 Å². The minimum atomic E-state index is 0.466. The molecule has 0 aliphatic heterocycles. The van der Waals surface area contributed by atoms with E-state index in [9.17, 15) is 4.79 Å². The summed E-state index contributed by atoms with van der Waals surface area (Å²) in [7, 11) is 0. The lowest BCUT2D eigenvalue weighted by Gasteiger charge is -2.06. The third-order valence-electron chi connectivity index (χ3n) is 2.85. The lowest BCUT2D eigenvalue weighted by atomic mass is 9.98. The Hall–Kier alpha value is -0.590. The molecule has 1 aliphatic carbocycles. The molecule has 0 bridgehead atoms. The molecule has 1 rings (SSSR count). The molecule has 1 heteroatoms. The number of allylic oxidation sites excluding steroid dienone is 1. The van der Waals surface area contributed by atoms with Crippen molar-refractivity contribution in [2.75, 3.05) is 0 Å². The van der Waals surface area contributed by atoms with E-state index in [4.69, 9.17) is 0 Å². The molecular weight excluding hydrogens is 160 g/mol. The first kappa shape index (κ1) is 10.5. The fourth-order valence-electron chi connectivity index (χ4n) is 2.08. The largest absolute Gasteiger partial charge is 0.300 e. The van der Waals surface area contributed by atoms with Crippen molar-refractivity contribution in [1.82, 2.24) is 0 Å². The third kappa shape index (κ3) is 4.25. The summed E-state index contributed by atoms with van der Waals surface area (Å²) in [6, 6.07) is 0. The molecule has 0 aromatic carbocycles. The van der Waals surface area contributed by atoms with Crippen molar-refractivity contribution < 1.29 is 4.79 Å². The quantitative estimate of drug-likeness (QED) is 0.451. The first-order valence-corrected chi connectivity index (χ1v) is 5.45. The Morgan fingerprint density at radius 1 is 1.38 bits per heavy atom. The smallest absolute Gasteiger partial charge is 0.133 e. The van der Waals surface area contributed by atoms with Gasteiger partial charge < -0.3 is 0 Å². The van der Waals surface area contributed by atoms with Gasteiger partial charge in [-0.3, -0.25) is 4.79 Å². The van der Waals surface area contributed by atoms with Crippen molar-refractivity contribution in [3.8, 4) is 0 Å². The van der Waals surface area contributed by atoms with E-state index in [2.05, 4.69) is 6.58 Å². The molecule has 0 N–H and O–H groups in total. The van der Waals surface area contributed by atoms with E-state index in [0.717, 1.165) is 31.6 Å². The fraction of sp³-hybridized carbons (Fsp3) is 0.750. The van der Waals surface area contributed by atoms with Crippen LogP contribution in [0.2, 0.25) is 0 Å². The lowest BCUT2D eigenvalue weighted by Crippen LogP contribution is -2.04. The third-order valence-corrected chi connectivity index (χ3v) is 2.85. The number of carbonyl (C=O) groups is 1. The summed E-state index contributed by atoms with van der Waals surface area (Å²) in [5, 5.41) is 0. The Labute approximate surface area is 81.2 Å². The van der Waals surface area contributed by atoms with Gasteiger partial charge in [-0.1, -0.05) is 31.8 Å². The molecule has 13 heavy (non-hydrogen) atoms. The van der Waals surface area contributed by atoms with Crippen LogP contribution in [0.1, 0.15) is 51.4 Å². The second-order valence-electron chi connectivity index (χ2n) is 4.07. The zero-order valence-electron chi connectivity index (χ0n) is 8.43. The van der Waals surface area contributed by atoms with Gasteiger partial charge in [-0.2, -0.15) is 0 Å². The predicted molar refractivity (Wildman–Crippen MR) is 55.6 cm³/mol. The highest BCUT2D eigenvalue weighted by Crippen LogP contribution is 2.28. The molecule has 0 aromatic rings. The maximum absolute atomic E-state index is 11.4. The van der Waals surface area contributed by atoms with Crippen molar-refractivity contribution in [2.45, 2.75) is 51.4 Å². The van der Waals surface area contributed by atoms with Gasteiger partial charge in [-0.05, 0) is 18.8 Å². The first-order valence-electron chi connectivity index (χ1n) is 5.45. The van der Waals surface area contributed by atoms with Gasteiger partial charge in [0.15, 0.2) is 0 Å². The molecule has 0 atom stereocenters. The molecule has 1 nitrogen and oxygen atoms in total. The summed E-state index contributed by atoms with van der Waals surface area (Å²) in [5.41, 5.74) is 0. The molecule has 0 aromatic heterocycles. The van der Waals surface area contributed by atoms with E-state index in [-0.39, 0.29) is 0 Å². The van der Waals surface area contributed by atoms with Gasteiger partial charge in [0.25, 0.3) is 0 Å². The minimum Gasteiger partial charge on any atom is -0.300 e. The molecule has 0 radical (unpaired) electrons. The van der Waals surface area contributed by atoms with Crippen LogP contribution in [-0.2, 0) is 4.79 Å². The Balaban J connectivity index is 2.05. The van der Waals surface area contributed by atoms with Crippen LogP contribution >= 0.6 is 0 Å². The predicted octanol–water partition coefficient (Wildman–Crippen LogP) is 3.49. The van der Waals surface area contributed by atoms with Crippen LogP contribution < -0.4 is 0 Å². The van der Waals surface area contributed by atoms with Gasteiger partial charge >= 0.3 is 0 Å². The van der Waals surface area contributed by atoms with Crippen molar-refractivity contribution in [3.05, 3.63) is 12.7 Å². The molecule has 1 aliphatic rings. The second kappa shape index (κ2) is 5.95. The summed E-state index contributed by atoms with van der Waals surface area (Å²) in [5.74, 6) is 1.19. The maximum atomic E-state index is 11.4. The maximum Gasteiger partial charge on any atom is 0.133 e. The van der Waals surface area contributed by atoms with Gasteiger partial charge in [0.1, 0.15) is 5.78 Å². The van der Waals surface area contributed by atoms with Crippen molar-refractivity contribution in [1.29, 1.82) is 0 Å². The molecule has 0 amide bonds. The highest BCUT2D eigenvalue weighted by atomic mass is 16.1. The van der Waals surface area contributed by atoms with Crippen LogP contribution in [0, 0.1) is 5.92 Å². The summed E-state index contributed by atoms with van der Waals surface area (Å²) >= 11 is 0. The number of unbranched alkanes of at least 4 members (excludes halogenated alkanes) is 1. The van der Waals surface area contributed by atoms with Crippen molar-refractivity contribution >= 4 is 5.78 Å². The van der Waals surface area contributed by atoms with Crippen LogP contribution in [-0.4, -0.2) is 5.78 Å². The highest BCUT2D eigenvalue weighted by molar-refractivity contribution is 5.78. The van der Waals surface area contributed by atoms with Crippen LogP contribution in [0.15, 0.2) is 12.7 Å². The number of ketones is 1. The number of rotatable bonds is 6.